The molecule has 0 bridgehead atoms. The Morgan fingerprint density at radius 2 is 1.47 bits per heavy atom. The van der Waals surface area contributed by atoms with Crippen molar-refractivity contribution in [3.8, 4) is 0 Å². The number of benzene rings is 2. The van der Waals surface area contributed by atoms with Crippen LogP contribution in [0.1, 0.15) is 18.1 Å². The van der Waals surface area contributed by atoms with Crippen LogP contribution >= 0.6 is 0 Å². The summed E-state index contributed by atoms with van der Waals surface area (Å²) in [6, 6.07) is 19.6. The molecule has 0 aliphatic rings. The lowest BCUT2D eigenvalue weighted by atomic mass is 9.94. The number of rotatable bonds is 4. The lowest BCUT2D eigenvalue weighted by molar-refractivity contribution is -0.132. The number of carboxylic acid groups (broad SMARTS) is 1. The second kappa shape index (κ2) is 6.01. The maximum absolute atomic E-state index is 11.2. The fraction of sp³-hybridized carbons (Fsp3) is 0.118. The van der Waals surface area contributed by atoms with Crippen molar-refractivity contribution in [1.29, 1.82) is 0 Å². The van der Waals surface area contributed by atoms with E-state index in [1.54, 1.807) is 6.92 Å². The third-order valence-corrected chi connectivity index (χ3v) is 3.12. The molecule has 0 unspecified atom stereocenters. The van der Waals surface area contributed by atoms with Gasteiger partial charge in [0.05, 0.1) is 0 Å². The topological polar surface area (TPSA) is 37.3 Å². The highest BCUT2D eigenvalue weighted by Gasteiger charge is 2.11. The molecule has 2 nitrogen and oxygen atoms in total. The standard InChI is InChI=1S/C17H16O2/c1-13(17(18)19)16(15-10-6-3-7-11-15)12-14-8-4-2-5-9-14/h2-11H,12H2,1H3,(H,18,19). The van der Waals surface area contributed by atoms with E-state index in [-0.39, 0.29) is 0 Å². The van der Waals surface area contributed by atoms with Gasteiger partial charge in [0, 0.05) is 5.57 Å². The van der Waals surface area contributed by atoms with Crippen LogP contribution in [0.25, 0.3) is 5.57 Å². The summed E-state index contributed by atoms with van der Waals surface area (Å²) in [7, 11) is 0. The number of allylic oxidation sites excluding steroid dienone is 1. The molecule has 0 aromatic heterocycles. The first-order valence-electron chi connectivity index (χ1n) is 6.21. The molecule has 0 saturated carbocycles. The van der Waals surface area contributed by atoms with Gasteiger partial charge >= 0.3 is 5.97 Å². The van der Waals surface area contributed by atoms with E-state index < -0.39 is 5.97 Å². The molecule has 0 radical (unpaired) electrons. The fourth-order valence-electron chi connectivity index (χ4n) is 2.02. The van der Waals surface area contributed by atoms with Crippen LogP contribution < -0.4 is 0 Å². The summed E-state index contributed by atoms with van der Waals surface area (Å²) in [6.45, 7) is 1.66. The van der Waals surface area contributed by atoms with Crippen LogP contribution in [0.5, 0.6) is 0 Å². The van der Waals surface area contributed by atoms with Crippen LogP contribution in [0.4, 0.5) is 0 Å². The van der Waals surface area contributed by atoms with Crippen molar-refractivity contribution in [1.82, 2.24) is 0 Å². The molecule has 0 aliphatic heterocycles. The van der Waals surface area contributed by atoms with Gasteiger partial charge in [-0.15, -0.1) is 0 Å². The number of carboxylic acids is 1. The molecule has 2 aromatic rings. The van der Waals surface area contributed by atoms with Crippen LogP contribution in [0.2, 0.25) is 0 Å². The van der Waals surface area contributed by atoms with Crippen molar-refractivity contribution in [3.05, 3.63) is 77.4 Å². The molecule has 0 spiro atoms. The highest BCUT2D eigenvalue weighted by molar-refractivity contribution is 5.96. The average molecular weight is 252 g/mol. The molecule has 0 heterocycles. The Kier molecular flexibility index (Phi) is 4.14. The first-order valence-corrected chi connectivity index (χ1v) is 6.21. The molecule has 2 rings (SSSR count). The van der Waals surface area contributed by atoms with Crippen molar-refractivity contribution < 1.29 is 9.90 Å². The molecular formula is C17H16O2. The normalized spacial score (nSPS) is 11.8. The first-order chi connectivity index (χ1) is 9.18. The van der Waals surface area contributed by atoms with Gasteiger partial charge in [-0.3, -0.25) is 0 Å². The van der Waals surface area contributed by atoms with E-state index in [4.69, 9.17) is 0 Å². The molecule has 19 heavy (non-hydrogen) atoms. The summed E-state index contributed by atoms with van der Waals surface area (Å²) in [4.78, 5) is 11.2. The molecule has 0 atom stereocenters. The summed E-state index contributed by atoms with van der Waals surface area (Å²) >= 11 is 0. The third-order valence-electron chi connectivity index (χ3n) is 3.12. The predicted octanol–water partition coefficient (Wildman–Crippen LogP) is 3.79. The van der Waals surface area contributed by atoms with E-state index in [1.807, 2.05) is 60.7 Å². The minimum Gasteiger partial charge on any atom is -0.478 e. The van der Waals surface area contributed by atoms with E-state index in [1.165, 1.54) is 0 Å². The van der Waals surface area contributed by atoms with Gasteiger partial charge in [-0.2, -0.15) is 0 Å². The Balaban J connectivity index is 2.42. The van der Waals surface area contributed by atoms with Gasteiger partial charge in [0.2, 0.25) is 0 Å². The van der Waals surface area contributed by atoms with Crippen LogP contribution in [0.15, 0.2) is 66.2 Å². The minimum absolute atomic E-state index is 0.398. The molecule has 2 heteroatoms. The number of hydrogen-bond donors (Lipinski definition) is 1. The Labute approximate surface area is 113 Å². The molecule has 0 amide bonds. The van der Waals surface area contributed by atoms with Gasteiger partial charge in [-0.25, -0.2) is 4.79 Å². The summed E-state index contributed by atoms with van der Waals surface area (Å²) in [5, 5.41) is 9.23. The Morgan fingerprint density at radius 1 is 0.947 bits per heavy atom. The lowest BCUT2D eigenvalue weighted by Crippen LogP contribution is -2.03. The predicted molar refractivity (Wildman–Crippen MR) is 76.8 cm³/mol. The van der Waals surface area contributed by atoms with Crippen LogP contribution in [0.3, 0.4) is 0 Å². The molecule has 0 saturated heterocycles. The van der Waals surface area contributed by atoms with E-state index in [0.29, 0.717) is 12.0 Å². The molecular weight excluding hydrogens is 236 g/mol. The average Bonchev–Trinajstić information content (AvgIpc) is 2.46. The zero-order valence-electron chi connectivity index (χ0n) is 10.8. The van der Waals surface area contributed by atoms with Gasteiger partial charge in [0.1, 0.15) is 0 Å². The monoisotopic (exact) mass is 252 g/mol. The number of hydrogen-bond acceptors (Lipinski definition) is 1. The molecule has 0 fully saturated rings. The summed E-state index contributed by atoms with van der Waals surface area (Å²) < 4.78 is 0. The smallest absolute Gasteiger partial charge is 0.331 e. The van der Waals surface area contributed by atoms with Crippen LogP contribution in [-0.2, 0) is 11.2 Å². The zero-order valence-corrected chi connectivity index (χ0v) is 10.8. The van der Waals surface area contributed by atoms with Crippen molar-refractivity contribution in [3.63, 3.8) is 0 Å². The minimum atomic E-state index is -0.866. The van der Waals surface area contributed by atoms with Gasteiger partial charge in [-0.05, 0) is 30.0 Å². The van der Waals surface area contributed by atoms with Crippen LogP contribution in [0, 0.1) is 0 Å². The highest BCUT2D eigenvalue weighted by Crippen LogP contribution is 2.23. The lowest BCUT2D eigenvalue weighted by Gasteiger charge is -2.11. The van der Waals surface area contributed by atoms with Crippen molar-refractivity contribution in [2.24, 2.45) is 0 Å². The Bertz CT molecular complexity index is 583. The molecule has 2 aromatic carbocycles. The molecule has 1 N–H and O–H groups in total. The van der Waals surface area contributed by atoms with Gasteiger partial charge in [0.25, 0.3) is 0 Å². The summed E-state index contributed by atoms with van der Waals surface area (Å²) in [6.07, 6.45) is 0.628. The Morgan fingerprint density at radius 3 is 2.00 bits per heavy atom. The SMILES string of the molecule is CC(C(=O)O)=C(Cc1ccccc1)c1ccccc1. The third kappa shape index (κ3) is 3.32. The molecule has 96 valence electrons. The van der Waals surface area contributed by atoms with Crippen molar-refractivity contribution in [2.45, 2.75) is 13.3 Å². The number of carbonyl (C=O) groups is 1. The van der Waals surface area contributed by atoms with E-state index in [0.717, 1.165) is 16.7 Å². The second-order valence-electron chi connectivity index (χ2n) is 4.44. The summed E-state index contributed by atoms with van der Waals surface area (Å²) in [5.74, 6) is -0.866. The van der Waals surface area contributed by atoms with Crippen molar-refractivity contribution >= 4 is 11.5 Å². The Hall–Kier alpha value is -2.35. The molecule has 0 aliphatic carbocycles. The van der Waals surface area contributed by atoms with E-state index in [9.17, 15) is 9.90 Å². The largest absolute Gasteiger partial charge is 0.478 e. The van der Waals surface area contributed by atoms with E-state index in [2.05, 4.69) is 0 Å². The van der Waals surface area contributed by atoms with Gasteiger partial charge in [0.15, 0.2) is 0 Å². The van der Waals surface area contributed by atoms with Gasteiger partial charge < -0.3 is 5.11 Å². The second-order valence-corrected chi connectivity index (χ2v) is 4.44. The van der Waals surface area contributed by atoms with Crippen LogP contribution in [-0.4, -0.2) is 11.1 Å². The maximum Gasteiger partial charge on any atom is 0.331 e. The van der Waals surface area contributed by atoms with Gasteiger partial charge in [-0.1, -0.05) is 60.7 Å². The fourth-order valence-corrected chi connectivity index (χ4v) is 2.02. The number of aliphatic carboxylic acids is 1. The first kappa shape index (κ1) is 13.1. The van der Waals surface area contributed by atoms with E-state index >= 15 is 0 Å². The highest BCUT2D eigenvalue weighted by atomic mass is 16.4. The van der Waals surface area contributed by atoms with Crippen molar-refractivity contribution in [2.75, 3.05) is 0 Å². The zero-order chi connectivity index (χ0) is 13.7. The maximum atomic E-state index is 11.2. The quantitative estimate of drug-likeness (QED) is 0.841. The summed E-state index contributed by atoms with van der Waals surface area (Å²) in [5.41, 5.74) is 3.34.